The number of anilines is 1. The Kier molecular flexibility index (Phi) is 8.03. The molecule has 4 rings (SSSR count). The number of aliphatic hydroxyl groups excluding tert-OH is 2. The monoisotopic (exact) mass is 580 g/mol. The minimum atomic E-state index is -4.79. The average Bonchev–Trinajstić information content (AvgIpc) is 3.32. The van der Waals surface area contributed by atoms with Crippen LogP contribution in [0.5, 0.6) is 0 Å². The molecule has 0 amide bonds. The smallest absolute Gasteiger partial charge is 0.336 e. The Hall–Kier alpha value is -2.03. The number of fused-ring (bicyclic) bond motifs is 1. The molecule has 3 heterocycles. The summed E-state index contributed by atoms with van der Waals surface area (Å²) < 4.78 is 44.2. The molecule has 6 atom stereocenters. The largest absolute Gasteiger partial charge is 0.387 e. The van der Waals surface area contributed by atoms with Crippen LogP contribution in [0.15, 0.2) is 30.6 Å². The molecule has 3 aromatic rings. The summed E-state index contributed by atoms with van der Waals surface area (Å²) in [6.45, 7) is 1.21. The predicted molar refractivity (Wildman–Crippen MR) is 129 cm³/mol. The number of aromatic nitrogens is 4. The lowest BCUT2D eigenvalue weighted by atomic mass is 10.1. The van der Waals surface area contributed by atoms with E-state index in [1.165, 1.54) is 17.0 Å². The van der Waals surface area contributed by atoms with Crippen LogP contribution in [0.1, 0.15) is 24.8 Å². The second kappa shape index (κ2) is 10.6. The third-order valence-electron chi connectivity index (χ3n) is 5.65. The number of nitrogens with zero attached hydrogens (tertiary/aromatic N) is 4. The third kappa shape index (κ3) is 6.35. The number of hydrogen-bond acceptors (Lipinski definition) is 9. The van der Waals surface area contributed by atoms with Gasteiger partial charge in [-0.3, -0.25) is 13.7 Å². The Balaban J connectivity index is 1.56. The molecule has 1 aromatic carbocycles. The van der Waals surface area contributed by atoms with Gasteiger partial charge in [0.25, 0.3) is 7.52 Å². The van der Waals surface area contributed by atoms with Crippen molar-refractivity contribution in [1.29, 1.82) is 0 Å². The molecular formula is C19H24ClFN6O8P2. The maximum Gasteiger partial charge on any atom is 0.336 e. The first-order valence-electron chi connectivity index (χ1n) is 10.8. The Bertz CT molecular complexity index is 1390. The van der Waals surface area contributed by atoms with Gasteiger partial charge >= 0.3 is 7.60 Å². The fourth-order valence-electron chi connectivity index (χ4n) is 3.95. The van der Waals surface area contributed by atoms with Gasteiger partial charge < -0.3 is 34.9 Å². The van der Waals surface area contributed by atoms with Crippen LogP contribution in [0, 0.1) is 5.82 Å². The summed E-state index contributed by atoms with van der Waals surface area (Å²) >= 11 is 6.10. The Morgan fingerprint density at radius 1 is 1.19 bits per heavy atom. The van der Waals surface area contributed by atoms with Gasteiger partial charge in [0.2, 0.25) is 5.28 Å². The van der Waals surface area contributed by atoms with Gasteiger partial charge in [0, 0.05) is 12.1 Å². The number of ether oxygens (including phenoxy) is 1. The van der Waals surface area contributed by atoms with Gasteiger partial charge in [-0.1, -0.05) is 18.2 Å². The van der Waals surface area contributed by atoms with E-state index in [1.807, 2.05) is 0 Å². The molecule has 202 valence electrons. The van der Waals surface area contributed by atoms with Gasteiger partial charge in [-0.2, -0.15) is 9.97 Å². The zero-order valence-corrected chi connectivity index (χ0v) is 21.6. The molecule has 3 unspecified atom stereocenters. The highest BCUT2D eigenvalue weighted by atomic mass is 35.5. The summed E-state index contributed by atoms with van der Waals surface area (Å²) in [7, 11) is -9.26. The van der Waals surface area contributed by atoms with Crippen molar-refractivity contribution in [2.24, 2.45) is 0 Å². The third-order valence-corrected chi connectivity index (χ3v) is 9.50. The Morgan fingerprint density at radius 3 is 2.57 bits per heavy atom. The second-order valence-electron chi connectivity index (χ2n) is 8.47. The zero-order valence-electron chi connectivity index (χ0n) is 19.1. The molecule has 14 nitrogen and oxygen atoms in total. The summed E-state index contributed by atoms with van der Waals surface area (Å²) in [5.41, 5.74) is 0.695. The normalized spacial score (nSPS) is 24.8. The van der Waals surface area contributed by atoms with Crippen LogP contribution in [0.3, 0.4) is 0 Å². The lowest BCUT2D eigenvalue weighted by Crippen LogP contribution is -2.37. The van der Waals surface area contributed by atoms with Gasteiger partial charge in [0.05, 0.1) is 12.4 Å². The molecule has 37 heavy (non-hydrogen) atoms. The summed E-state index contributed by atoms with van der Waals surface area (Å²) in [4.78, 5) is 40.2. The topological polar surface area (TPSA) is 212 Å². The van der Waals surface area contributed by atoms with Crippen molar-refractivity contribution in [2.45, 2.75) is 37.5 Å². The van der Waals surface area contributed by atoms with E-state index in [-0.39, 0.29) is 22.3 Å². The van der Waals surface area contributed by atoms with E-state index in [2.05, 4.69) is 25.4 Å². The summed E-state index contributed by atoms with van der Waals surface area (Å²) in [6.07, 6.45) is -4.30. The van der Waals surface area contributed by atoms with Crippen molar-refractivity contribution in [3.63, 3.8) is 0 Å². The average molecular weight is 581 g/mol. The summed E-state index contributed by atoms with van der Waals surface area (Å²) in [6, 6.07) is 5.64. The van der Waals surface area contributed by atoms with Crippen molar-refractivity contribution >= 4 is 43.7 Å². The van der Waals surface area contributed by atoms with Crippen LogP contribution in [0.25, 0.3) is 11.2 Å². The Morgan fingerprint density at radius 2 is 1.89 bits per heavy atom. The van der Waals surface area contributed by atoms with Crippen LogP contribution in [0.2, 0.25) is 5.28 Å². The first-order chi connectivity index (χ1) is 17.3. The molecule has 2 aromatic heterocycles. The fraction of sp³-hybridized carbons (Fsp3) is 0.421. The van der Waals surface area contributed by atoms with Gasteiger partial charge in [-0.15, -0.1) is 0 Å². The van der Waals surface area contributed by atoms with Crippen molar-refractivity contribution in [3.8, 4) is 0 Å². The molecule has 1 aliphatic rings. The minimum Gasteiger partial charge on any atom is -0.387 e. The maximum absolute atomic E-state index is 14.2. The maximum atomic E-state index is 14.2. The molecule has 0 aliphatic carbocycles. The molecular weight excluding hydrogens is 557 g/mol. The van der Waals surface area contributed by atoms with E-state index >= 15 is 0 Å². The minimum absolute atomic E-state index is 0.113. The molecule has 1 aliphatic heterocycles. The van der Waals surface area contributed by atoms with E-state index in [0.717, 1.165) is 0 Å². The van der Waals surface area contributed by atoms with Gasteiger partial charge in [-0.05, 0) is 24.6 Å². The SMILES string of the molecule is C[C@H](Nc1nc(Cl)nc2c1ncn2[C@@H]1O[C@H](CNP(=O)(O)CP(=O)(O)O)C(O)C1O)c1ccccc1F. The molecule has 1 fully saturated rings. The molecule has 0 saturated carbocycles. The van der Waals surface area contributed by atoms with Crippen LogP contribution in [-0.2, 0) is 13.9 Å². The number of halogens is 2. The highest BCUT2D eigenvalue weighted by molar-refractivity contribution is 7.71. The Labute approximate surface area is 214 Å². The second-order valence-corrected chi connectivity index (χ2v) is 13.0. The molecule has 0 radical (unpaired) electrons. The zero-order chi connectivity index (χ0) is 27.1. The first kappa shape index (κ1) is 28.0. The standard InChI is InChI=1S/C19H24ClFN6O8P2/c1-9(10-4-2-3-5-11(10)21)24-16-13-17(26-19(20)25-16)27(7-22-13)18-15(29)14(28)12(35-18)6-23-36(30,31)8-37(32,33)34/h2-5,7,9,12,14-15,18,28-29H,6,8H2,1H3,(H2,23,30,31)(H,24,25,26)(H2,32,33,34)/t9-,12+,14?,15?,18+/m0/s1. The van der Waals surface area contributed by atoms with Gasteiger partial charge in [-0.25, -0.2) is 14.5 Å². The highest BCUT2D eigenvalue weighted by Crippen LogP contribution is 2.52. The van der Waals surface area contributed by atoms with Crippen LogP contribution in [0.4, 0.5) is 10.2 Å². The van der Waals surface area contributed by atoms with Crippen molar-refractivity contribution in [2.75, 3.05) is 17.8 Å². The lowest BCUT2D eigenvalue weighted by molar-refractivity contribution is -0.0331. The van der Waals surface area contributed by atoms with Gasteiger partial charge in [0.15, 0.2) is 23.2 Å². The molecule has 1 saturated heterocycles. The van der Waals surface area contributed by atoms with Crippen molar-refractivity contribution < 1.29 is 43.2 Å². The van der Waals surface area contributed by atoms with E-state index in [1.54, 1.807) is 25.1 Å². The number of benzene rings is 1. The van der Waals surface area contributed by atoms with E-state index in [4.69, 9.17) is 26.1 Å². The quantitative estimate of drug-likeness (QED) is 0.141. The molecule has 0 bridgehead atoms. The van der Waals surface area contributed by atoms with Crippen LogP contribution >= 0.6 is 26.7 Å². The number of aliphatic hydroxyl groups is 2. The number of imidazole rings is 1. The summed E-state index contributed by atoms with van der Waals surface area (Å²) in [5, 5.41) is 25.9. The van der Waals surface area contributed by atoms with E-state index in [9.17, 15) is 28.6 Å². The van der Waals surface area contributed by atoms with E-state index < -0.39 is 64.0 Å². The highest BCUT2D eigenvalue weighted by Gasteiger charge is 2.45. The molecule has 0 spiro atoms. The summed E-state index contributed by atoms with van der Waals surface area (Å²) in [5.74, 6) is -1.56. The molecule has 7 N–H and O–H groups in total. The molecule has 18 heteroatoms. The predicted octanol–water partition coefficient (Wildman–Crippen LogP) is 1.32. The van der Waals surface area contributed by atoms with E-state index in [0.29, 0.717) is 5.56 Å². The number of rotatable bonds is 9. The van der Waals surface area contributed by atoms with Crippen LogP contribution in [-0.4, -0.2) is 75.2 Å². The van der Waals surface area contributed by atoms with Crippen molar-refractivity contribution in [3.05, 3.63) is 47.3 Å². The first-order valence-corrected chi connectivity index (χ1v) is 14.8. The fourth-order valence-corrected chi connectivity index (χ4v) is 6.97. The lowest BCUT2D eigenvalue weighted by Gasteiger charge is -2.19. The number of hydrogen-bond donors (Lipinski definition) is 7. The van der Waals surface area contributed by atoms with Crippen molar-refractivity contribution in [1.82, 2.24) is 24.6 Å². The van der Waals surface area contributed by atoms with Gasteiger partial charge in [0.1, 0.15) is 30.0 Å². The number of nitrogens with one attached hydrogen (secondary N) is 2. The van der Waals surface area contributed by atoms with Crippen LogP contribution < -0.4 is 10.4 Å².